The average Bonchev–Trinajstić information content (AvgIpc) is 2.99. The van der Waals surface area contributed by atoms with E-state index in [2.05, 4.69) is 8.37 Å². The SMILES string of the molecule is Cc1ccc(S(=O)(=O)OC[C@@H]2OS(=O)(=O)O[C@@H]2COS(=O)(=O)c2ccc(C)cc2)cc1. The number of rotatable bonds is 8. The lowest BCUT2D eigenvalue weighted by atomic mass is 10.2. The third kappa shape index (κ3) is 6.10. The summed E-state index contributed by atoms with van der Waals surface area (Å²) >= 11 is 0. The summed E-state index contributed by atoms with van der Waals surface area (Å²) < 4.78 is 91.7. The van der Waals surface area contributed by atoms with E-state index in [0.717, 1.165) is 11.1 Å². The molecule has 10 nitrogen and oxygen atoms in total. The maximum atomic E-state index is 12.3. The lowest BCUT2D eigenvalue weighted by Gasteiger charge is -2.15. The van der Waals surface area contributed by atoms with Gasteiger partial charge >= 0.3 is 10.4 Å². The highest BCUT2D eigenvalue weighted by Gasteiger charge is 2.42. The summed E-state index contributed by atoms with van der Waals surface area (Å²) in [5.41, 5.74) is 1.68. The molecule has 2 aromatic rings. The molecule has 1 aliphatic heterocycles. The van der Waals surface area contributed by atoms with Crippen molar-refractivity contribution in [2.75, 3.05) is 13.2 Å². The van der Waals surface area contributed by atoms with Crippen LogP contribution in [-0.2, 0) is 47.4 Å². The summed E-state index contributed by atoms with van der Waals surface area (Å²) in [7, 11) is -12.9. The van der Waals surface area contributed by atoms with Crippen LogP contribution in [0.25, 0.3) is 0 Å². The molecule has 1 aliphatic rings. The first kappa shape index (κ1) is 23.8. The highest BCUT2D eigenvalue weighted by atomic mass is 32.3. The van der Waals surface area contributed by atoms with Crippen molar-refractivity contribution >= 4 is 30.6 Å². The van der Waals surface area contributed by atoms with E-state index in [4.69, 9.17) is 8.37 Å². The van der Waals surface area contributed by atoms with Crippen LogP contribution >= 0.6 is 0 Å². The number of hydrogen-bond donors (Lipinski definition) is 0. The van der Waals surface area contributed by atoms with Gasteiger partial charge in [0.1, 0.15) is 12.2 Å². The van der Waals surface area contributed by atoms with Crippen molar-refractivity contribution in [3.8, 4) is 0 Å². The fourth-order valence-corrected chi connectivity index (χ4v) is 5.43. The molecule has 0 radical (unpaired) electrons. The minimum atomic E-state index is -4.47. The van der Waals surface area contributed by atoms with Crippen LogP contribution in [-0.4, -0.2) is 50.7 Å². The Kier molecular flexibility index (Phi) is 6.86. The summed E-state index contributed by atoms with van der Waals surface area (Å²) in [6, 6.07) is 11.6. The predicted octanol–water partition coefficient (Wildman–Crippen LogP) is 1.44. The second-order valence-electron chi connectivity index (χ2n) is 6.78. The molecule has 0 spiro atoms. The number of aryl methyl sites for hydroxylation is 2. The molecule has 0 bridgehead atoms. The van der Waals surface area contributed by atoms with Gasteiger partial charge in [-0.2, -0.15) is 25.3 Å². The first-order chi connectivity index (χ1) is 14.4. The first-order valence-electron chi connectivity index (χ1n) is 8.92. The molecule has 31 heavy (non-hydrogen) atoms. The van der Waals surface area contributed by atoms with Crippen LogP contribution < -0.4 is 0 Å². The van der Waals surface area contributed by atoms with Crippen molar-refractivity contribution in [1.29, 1.82) is 0 Å². The topological polar surface area (TPSA) is 139 Å². The summed E-state index contributed by atoms with van der Waals surface area (Å²) in [5, 5.41) is 0. The third-order valence-corrected chi connectivity index (χ3v) is 7.85. The number of hydrogen-bond acceptors (Lipinski definition) is 10. The molecule has 1 heterocycles. The van der Waals surface area contributed by atoms with E-state index in [1.54, 1.807) is 38.1 Å². The zero-order valence-electron chi connectivity index (χ0n) is 16.5. The Bertz CT molecular complexity index is 1140. The maximum absolute atomic E-state index is 12.3. The Hall–Kier alpha value is -1.87. The molecule has 0 unspecified atom stereocenters. The van der Waals surface area contributed by atoms with Gasteiger partial charge in [-0.15, -0.1) is 0 Å². The maximum Gasteiger partial charge on any atom is 0.400 e. The molecule has 3 rings (SSSR count). The predicted molar refractivity (Wildman–Crippen MR) is 107 cm³/mol. The lowest BCUT2D eigenvalue weighted by molar-refractivity contribution is 0.0707. The van der Waals surface area contributed by atoms with Gasteiger partial charge in [-0.3, -0.25) is 8.37 Å². The largest absolute Gasteiger partial charge is 0.400 e. The molecule has 13 heteroatoms. The summed E-state index contributed by atoms with van der Waals surface area (Å²) in [6.07, 6.45) is -2.86. The molecule has 2 aromatic carbocycles. The first-order valence-corrected chi connectivity index (χ1v) is 13.1. The van der Waals surface area contributed by atoms with Gasteiger partial charge in [-0.25, -0.2) is 8.37 Å². The molecular weight excluding hydrogens is 472 g/mol. The molecule has 1 fully saturated rings. The number of benzene rings is 2. The van der Waals surface area contributed by atoms with Gasteiger partial charge in [0.25, 0.3) is 20.2 Å². The minimum Gasteiger partial charge on any atom is -0.263 e. The third-order valence-electron chi connectivity index (χ3n) is 4.29. The fraction of sp³-hybridized carbons (Fsp3) is 0.333. The quantitative estimate of drug-likeness (QED) is 0.497. The van der Waals surface area contributed by atoms with Crippen LogP contribution in [0.1, 0.15) is 11.1 Å². The zero-order chi connectivity index (χ0) is 22.9. The van der Waals surface area contributed by atoms with E-state index in [9.17, 15) is 25.3 Å². The Morgan fingerprint density at radius 2 is 1.03 bits per heavy atom. The van der Waals surface area contributed by atoms with Crippen LogP contribution in [0.5, 0.6) is 0 Å². The van der Waals surface area contributed by atoms with E-state index in [-0.39, 0.29) is 9.79 Å². The Labute approximate surface area is 181 Å². The molecule has 2 atom stereocenters. The van der Waals surface area contributed by atoms with E-state index in [1.807, 2.05) is 0 Å². The highest BCUT2D eigenvalue weighted by Crippen LogP contribution is 2.24. The van der Waals surface area contributed by atoms with Gasteiger partial charge in [-0.1, -0.05) is 35.4 Å². The van der Waals surface area contributed by atoms with Crippen LogP contribution in [0, 0.1) is 13.8 Å². The van der Waals surface area contributed by atoms with Crippen molar-refractivity contribution in [1.82, 2.24) is 0 Å². The van der Waals surface area contributed by atoms with E-state index in [1.165, 1.54) is 24.3 Å². The van der Waals surface area contributed by atoms with Gasteiger partial charge < -0.3 is 0 Å². The Morgan fingerprint density at radius 1 is 0.710 bits per heavy atom. The van der Waals surface area contributed by atoms with Gasteiger partial charge in [-0.05, 0) is 38.1 Å². The minimum absolute atomic E-state index is 0.130. The Morgan fingerprint density at radius 3 is 1.35 bits per heavy atom. The van der Waals surface area contributed by atoms with Crippen molar-refractivity contribution < 1.29 is 42.0 Å². The van der Waals surface area contributed by atoms with Crippen molar-refractivity contribution in [2.24, 2.45) is 0 Å². The van der Waals surface area contributed by atoms with Gasteiger partial charge in [0.15, 0.2) is 0 Å². The Balaban J connectivity index is 1.68. The molecular formula is C18H20O10S3. The second-order valence-corrected chi connectivity index (χ2v) is 11.2. The normalized spacial score (nSPS) is 21.2. The monoisotopic (exact) mass is 492 g/mol. The molecule has 0 amide bonds. The highest BCUT2D eigenvalue weighted by molar-refractivity contribution is 7.87. The summed E-state index contributed by atoms with van der Waals surface area (Å²) in [5.74, 6) is 0. The van der Waals surface area contributed by atoms with Gasteiger partial charge in [0.05, 0.1) is 23.0 Å². The summed E-state index contributed by atoms with van der Waals surface area (Å²) in [4.78, 5) is -0.260. The fourth-order valence-electron chi connectivity index (χ4n) is 2.58. The van der Waals surface area contributed by atoms with Crippen LogP contribution in [0.3, 0.4) is 0 Å². The molecule has 170 valence electrons. The zero-order valence-corrected chi connectivity index (χ0v) is 18.9. The average molecular weight is 493 g/mol. The van der Waals surface area contributed by atoms with Crippen molar-refractivity contribution in [3.05, 3.63) is 59.7 Å². The molecule has 0 aliphatic carbocycles. The molecule has 1 saturated heterocycles. The molecule has 0 saturated carbocycles. The van der Waals surface area contributed by atoms with Gasteiger partial charge in [0, 0.05) is 0 Å². The lowest BCUT2D eigenvalue weighted by Crippen LogP contribution is -2.33. The molecule has 0 aromatic heterocycles. The smallest absolute Gasteiger partial charge is 0.263 e. The van der Waals surface area contributed by atoms with E-state index < -0.39 is 56.1 Å². The van der Waals surface area contributed by atoms with Crippen LogP contribution in [0.4, 0.5) is 0 Å². The van der Waals surface area contributed by atoms with Crippen LogP contribution in [0.2, 0.25) is 0 Å². The molecule has 0 N–H and O–H groups in total. The van der Waals surface area contributed by atoms with Crippen molar-refractivity contribution in [3.63, 3.8) is 0 Å². The van der Waals surface area contributed by atoms with E-state index >= 15 is 0 Å². The van der Waals surface area contributed by atoms with Crippen LogP contribution in [0.15, 0.2) is 58.3 Å². The van der Waals surface area contributed by atoms with Crippen molar-refractivity contribution in [2.45, 2.75) is 35.8 Å². The standard InChI is InChI=1S/C18H20O10S3/c1-13-3-7-15(8-4-13)29(19,20)25-11-17-18(28-31(23,24)27-17)12-26-30(21,22)16-9-5-14(2)6-10-16/h3-10,17-18H,11-12H2,1-2H3/t17-,18+. The summed E-state index contributed by atoms with van der Waals surface area (Å²) in [6.45, 7) is 2.10. The van der Waals surface area contributed by atoms with E-state index in [0.29, 0.717) is 0 Å². The van der Waals surface area contributed by atoms with Gasteiger partial charge in [0.2, 0.25) is 0 Å². The second kappa shape index (κ2) is 8.94.